The molecule has 0 bridgehead atoms. The molecule has 2 amide bonds. The summed E-state index contributed by atoms with van der Waals surface area (Å²) in [4.78, 5) is 25.6. The fraction of sp³-hybridized carbons (Fsp3) is 0.412. The van der Waals surface area contributed by atoms with E-state index in [1.165, 1.54) is 18.0 Å². The number of imide groups is 1. The maximum absolute atomic E-state index is 12.3. The summed E-state index contributed by atoms with van der Waals surface area (Å²) in [7, 11) is 1.53. The van der Waals surface area contributed by atoms with Gasteiger partial charge in [-0.1, -0.05) is 43.2 Å². The van der Waals surface area contributed by atoms with E-state index in [0.29, 0.717) is 12.8 Å². The topological polar surface area (TPSA) is 57.6 Å². The molecule has 21 heavy (non-hydrogen) atoms. The summed E-state index contributed by atoms with van der Waals surface area (Å²) in [6.07, 6.45) is 5.15. The van der Waals surface area contributed by atoms with E-state index in [1.807, 2.05) is 6.08 Å². The van der Waals surface area contributed by atoms with Gasteiger partial charge in [-0.15, -0.1) is 0 Å². The lowest BCUT2D eigenvalue weighted by Gasteiger charge is -2.29. The van der Waals surface area contributed by atoms with Crippen molar-refractivity contribution in [3.8, 4) is 11.8 Å². The molecule has 1 aliphatic heterocycles. The molecule has 0 aromatic heterocycles. The van der Waals surface area contributed by atoms with Crippen LogP contribution in [0.4, 0.5) is 0 Å². The van der Waals surface area contributed by atoms with Crippen LogP contribution in [0.2, 0.25) is 0 Å². The van der Waals surface area contributed by atoms with Crippen LogP contribution in [-0.2, 0) is 9.59 Å². The van der Waals surface area contributed by atoms with Crippen molar-refractivity contribution in [2.45, 2.75) is 18.9 Å². The second kappa shape index (κ2) is 6.11. The highest BCUT2D eigenvalue weighted by Crippen LogP contribution is 2.42. The minimum atomic E-state index is -0.871. The van der Waals surface area contributed by atoms with Crippen LogP contribution in [0.15, 0.2) is 37.0 Å². The molecule has 1 fully saturated rings. The van der Waals surface area contributed by atoms with Gasteiger partial charge in [0.15, 0.2) is 0 Å². The predicted octanol–water partition coefficient (Wildman–Crippen LogP) is 1.29. The number of aliphatic hydroxyl groups excluding tert-OH is 1. The highest BCUT2D eigenvalue weighted by Gasteiger charge is 2.50. The first-order valence-corrected chi connectivity index (χ1v) is 6.94. The smallest absolute Gasteiger partial charge is 0.233 e. The van der Waals surface area contributed by atoms with E-state index in [4.69, 9.17) is 0 Å². The molecule has 4 nitrogen and oxygen atoms in total. The van der Waals surface area contributed by atoms with Crippen LogP contribution < -0.4 is 0 Å². The Morgan fingerprint density at radius 3 is 2.81 bits per heavy atom. The van der Waals surface area contributed by atoms with Crippen molar-refractivity contribution >= 4 is 11.8 Å². The van der Waals surface area contributed by atoms with Crippen LogP contribution in [-0.4, -0.2) is 35.0 Å². The SMILES string of the molecule is C=CC1=CC[C@@H]2C(=O)N(C)C(=O)[C@@H]2[C@H]1CC#CC(O)C=C. The molecule has 4 atom stereocenters. The molecule has 0 saturated carbocycles. The van der Waals surface area contributed by atoms with E-state index in [-0.39, 0.29) is 29.6 Å². The maximum atomic E-state index is 12.3. The van der Waals surface area contributed by atoms with Crippen LogP contribution in [0.3, 0.4) is 0 Å². The van der Waals surface area contributed by atoms with Crippen LogP contribution in [0.25, 0.3) is 0 Å². The van der Waals surface area contributed by atoms with Gasteiger partial charge < -0.3 is 5.11 Å². The standard InChI is InChI=1S/C17H19NO3/c1-4-11-9-10-14-15(17(21)18(3)16(14)20)13(11)8-6-7-12(19)5-2/h4-5,9,12-15,19H,1-2,8,10H2,3H3/t12?,13-,14-,15+/m0/s1. The minimum Gasteiger partial charge on any atom is -0.377 e. The lowest BCUT2D eigenvalue weighted by Crippen LogP contribution is -2.31. The lowest BCUT2D eigenvalue weighted by molar-refractivity contribution is -0.138. The summed E-state index contributed by atoms with van der Waals surface area (Å²) in [5.74, 6) is 4.49. The first kappa shape index (κ1) is 15.3. The average Bonchev–Trinajstić information content (AvgIpc) is 2.72. The zero-order chi connectivity index (χ0) is 15.6. The van der Waals surface area contributed by atoms with Crippen LogP contribution in [0, 0.1) is 29.6 Å². The molecule has 1 N–H and O–H groups in total. The third kappa shape index (κ3) is 2.70. The Hall–Kier alpha value is -2.12. The van der Waals surface area contributed by atoms with E-state index in [0.717, 1.165) is 5.57 Å². The first-order chi connectivity index (χ1) is 10.0. The highest BCUT2D eigenvalue weighted by molar-refractivity contribution is 6.05. The minimum absolute atomic E-state index is 0.117. The van der Waals surface area contributed by atoms with Crippen molar-refractivity contribution in [1.29, 1.82) is 0 Å². The number of aliphatic hydroxyl groups is 1. The van der Waals surface area contributed by atoms with Gasteiger partial charge in [0.2, 0.25) is 11.8 Å². The largest absolute Gasteiger partial charge is 0.377 e. The monoisotopic (exact) mass is 285 g/mol. The third-order valence-corrected chi connectivity index (χ3v) is 4.20. The van der Waals surface area contributed by atoms with Gasteiger partial charge in [-0.25, -0.2) is 0 Å². The van der Waals surface area contributed by atoms with Gasteiger partial charge in [0.1, 0.15) is 6.10 Å². The molecular formula is C17H19NO3. The number of hydrogen-bond acceptors (Lipinski definition) is 3. The summed E-state index contributed by atoms with van der Waals surface area (Å²) in [6, 6.07) is 0. The highest BCUT2D eigenvalue weighted by atomic mass is 16.3. The lowest BCUT2D eigenvalue weighted by atomic mass is 9.71. The number of rotatable bonds is 3. The van der Waals surface area contributed by atoms with E-state index >= 15 is 0 Å². The Bertz CT molecular complexity index is 579. The maximum Gasteiger partial charge on any atom is 0.233 e. The third-order valence-electron chi connectivity index (χ3n) is 4.20. The van der Waals surface area contributed by atoms with E-state index in [9.17, 15) is 14.7 Å². The molecule has 4 heteroatoms. The van der Waals surface area contributed by atoms with Crippen molar-refractivity contribution in [3.05, 3.63) is 37.0 Å². The van der Waals surface area contributed by atoms with E-state index < -0.39 is 6.10 Å². The van der Waals surface area contributed by atoms with Crippen molar-refractivity contribution in [1.82, 2.24) is 4.90 Å². The van der Waals surface area contributed by atoms with Gasteiger partial charge in [-0.05, 0) is 12.0 Å². The second-order valence-corrected chi connectivity index (χ2v) is 5.32. The summed E-state index contributed by atoms with van der Waals surface area (Å²) >= 11 is 0. The average molecular weight is 285 g/mol. The number of likely N-dealkylation sites (tertiary alicyclic amines) is 1. The second-order valence-electron chi connectivity index (χ2n) is 5.32. The van der Waals surface area contributed by atoms with Gasteiger partial charge in [0.05, 0.1) is 11.8 Å². The fourth-order valence-electron chi connectivity index (χ4n) is 3.04. The van der Waals surface area contributed by atoms with Gasteiger partial charge in [0, 0.05) is 19.4 Å². The Morgan fingerprint density at radius 1 is 1.48 bits per heavy atom. The van der Waals surface area contributed by atoms with Gasteiger partial charge >= 0.3 is 0 Å². The van der Waals surface area contributed by atoms with Crippen molar-refractivity contribution in [2.24, 2.45) is 17.8 Å². The van der Waals surface area contributed by atoms with E-state index in [1.54, 1.807) is 6.08 Å². The molecule has 0 radical (unpaired) electrons. The number of carbonyl (C=O) groups is 2. The predicted molar refractivity (Wildman–Crippen MR) is 79.7 cm³/mol. The number of fused-ring (bicyclic) bond motifs is 1. The molecule has 2 aliphatic rings. The van der Waals surface area contributed by atoms with Crippen molar-refractivity contribution < 1.29 is 14.7 Å². The summed E-state index contributed by atoms with van der Waals surface area (Å²) < 4.78 is 0. The quantitative estimate of drug-likeness (QED) is 0.483. The first-order valence-electron chi connectivity index (χ1n) is 6.94. The molecule has 0 aromatic carbocycles. The van der Waals surface area contributed by atoms with Crippen molar-refractivity contribution in [3.63, 3.8) is 0 Å². The normalized spacial score (nSPS) is 29.1. The molecule has 1 heterocycles. The molecule has 1 aliphatic carbocycles. The zero-order valence-corrected chi connectivity index (χ0v) is 12.1. The molecular weight excluding hydrogens is 266 g/mol. The molecule has 2 rings (SSSR count). The van der Waals surface area contributed by atoms with Crippen LogP contribution >= 0.6 is 0 Å². The Balaban J connectivity index is 2.27. The van der Waals surface area contributed by atoms with Crippen molar-refractivity contribution in [2.75, 3.05) is 7.05 Å². The Kier molecular flexibility index (Phi) is 4.44. The summed E-state index contributed by atoms with van der Waals surface area (Å²) in [5.41, 5.74) is 0.954. The Labute approximate surface area is 124 Å². The van der Waals surface area contributed by atoms with E-state index in [2.05, 4.69) is 25.0 Å². The summed E-state index contributed by atoms with van der Waals surface area (Å²) in [5, 5.41) is 9.38. The number of nitrogens with zero attached hydrogens (tertiary/aromatic N) is 1. The summed E-state index contributed by atoms with van der Waals surface area (Å²) in [6.45, 7) is 7.24. The fourth-order valence-corrected chi connectivity index (χ4v) is 3.04. The molecule has 0 aromatic rings. The number of amides is 2. The zero-order valence-electron chi connectivity index (χ0n) is 12.1. The van der Waals surface area contributed by atoms with Gasteiger partial charge in [-0.2, -0.15) is 0 Å². The van der Waals surface area contributed by atoms with Gasteiger partial charge in [-0.3, -0.25) is 14.5 Å². The molecule has 1 unspecified atom stereocenters. The number of carbonyl (C=O) groups excluding carboxylic acids is 2. The Morgan fingerprint density at radius 2 is 2.19 bits per heavy atom. The van der Waals surface area contributed by atoms with Crippen LogP contribution in [0.5, 0.6) is 0 Å². The molecule has 110 valence electrons. The molecule has 0 spiro atoms. The number of hydrogen-bond donors (Lipinski definition) is 1. The van der Waals surface area contributed by atoms with Gasteiger partial charge in [0.25, 0.3) is 0 Å². The molecule has 1 saturated heterocycles. The number of allylic oxidation sites excluding steroid dienone is 3. The van der Waals surface area contributed by atoms with Crippen LogP contribution in [0.1, 0.15) is 12.8 Å².